The van der Waals surface area contributed by atoms with Crippen LogP contribution in [0.1, 0.15) is 48.1 Å². The number of fused-ring (bicyclic) bond motifs is 2. The Morgan fingerprint density at radius 1 is 0.926 bits per heavy atom. The summed E-state index contributed by atoms with van der Waals surface area (Å²) in [4.78, 5) is 63.6. The average Bonchev–Trinajstić information content (AvgIpc) is 3.77. The minimum absolute atomic E-state index is 0.123. The molecule has 54 heavy (non-hydrogen) atoms. The van der Waals surface area contributed by atoms with Gasteiger partial charge in [-0.3, -0.25) is 19.2 Å². The molecule has 3 aromatic carbocycles. The molecule has 3 aromatic rings. The first-order valence-electron chi connectivity index (χ1n) is 18.5. The predicted octanol–water partition coefficient (Wildman–Crippen LogP) is 5.59. The van der Waals surface area contributed by atoms with Gasteiger partial charge in [0.15, 0.2) is 0 Å². The highest BCUT2D eigenvalue weighted by molar-refractivity contribution is 9.11. The van der Waals surface area contributed by atoms with E-state index in [9.17, 15) is 14.7 Å². The van der Waals surface area contributed by atoms with E-state index in [1.54, 1.807) is 22.9 Å². The van der Waals surface area contributed by atoms with Crippen LogP contribution in [0.4, 0.5) is 5.69 Å². The standard InChI is InChI=1S/C43H46BrN3O7/c1-26-19-20-27(2)33(22-26)46-21-13-7-12-18-34(49)45(4)28(3)37(30-16-10-6-11-17-30)53-42(52)35-36-40(50)47(31(25-48)23-29-14-8-5-9-15-29)39(41(46)51)43(36)24-32(44)38(35)54-43/h5-11,13-17,19-20,22,24,28,31,35-39,48H,12,18,21,23,25H2,1-4H3/b13-7-/t28-,31+,35+,36-,37+,38+,39+,43-/m0/s1. The zero-order chi connectivity index (χ0) is 38.3. The highest BCUT2D eigenvalue weighted by Gasteiger charge is 2.75. The second-order valence-electron chi connectivity index (χ2n) is 14.9. The topological polar surface area (TPSA) is 117 Å². The molecule has 10 nitrogen and oxygen atoms in total. The van der Waals surface area contributed by atoms with Crippen LogP contribution in [-0.2, 0) is 35.1 Å². The van der Waals surface area contributed by atoms with Crippen molar-refractivity contribution in [3.63, 3.8) is 0 Å². The Balaban J connectivity index is 1.39. The zero-order valence-corrected chi connectivity index (χ0v) is 32.5. The lowest BCUT2D eigenvalue weighted by atomic mass is 9.74. The highest BCUT2D eigenvalue weighted by atomic mass is 79.9. The van der Waals surface area contributed by atoms with Gasteiger partial charge in [-0.2, -0.15) is 0 Å². The van der Waals surface area contributed by atoms with Gasteiger partial charge in [0.1, 0.15) is 29.8 Å². The van der Waals surface area contributed by atoms with Gasteiger partial charge in [0.25, 0.3) is 5.91 Å². The predicted molar refractivity (Wildman–Crippen MR) is 207 cm³/mol. The summed E-state index contributed by atoms with van der Waals surface area (Å²) < 4.78 is 13.7. The number of likely N-dealkylation sites (N-methyl/N-ethyl adjacent to an activating group) is 1. The highest BCUT2D eigenvalue weighted by Crippen LogP contribution is 2.59. The van der Waals surface area contributed by atoms with Gasteiger partial charge in [0.2, 0.25) is 11.8 Å². The molecule has 0 saturated carbocycles. The Bertz CT molecular complexity index is 1990. The molecule has 0 aliphatic carbocycles. The van der Waals surface area contributed by atoms with E-state index in [1.807, 2.05) is 112 Å². The lowest BCUT2D eigenvalue weighted by Gasteiger charge is -2.39. The van der Waals surface area contributed by atoms with Crippen molar-refractivity contribution in [2.75, 3.05) is 25.1 Å². The number of likely N-dealkylation sites (tertiary alicyclic amines) is 1. The number of aliphatic hydroxyl groups excluding tert-OH is 1. The van der Waals surface area contributed by atoms with E-state index in [0.29, 0.717) is 22.2 Å². The normalized spacial score (nSPS) is 30.0. The van der Waals surface area contributed by atoms with Crippen molar-refractivity contribution in [2.24, 2.45) is 11.8 Å². The molecule has 8 atom stereocenters. The average molecular weight is 797 g/mol. The fraction of sp³-hybridized carbons (Fsp3) is 0.395. The van der Waals surface area contributed by atoms with Crippen molar-refractivity contribution in [1.82, 2.24) is 9.80 Å². The molecule has 282 valence electrons. The fourth-order valence-corrected chi connectivity index (χ4v) is 9.34. The van der Waals surface area contributed by atoms with Gasteiger partial charge in [-0.05, 0) is 68.0 Å². The van der Waals surface area contributed by atoms with Crippen LogP contribution in [-0.4, -0.2) is 88.6 Å². The Hall–Kier alpha value is -4.58. The van der Waals surface area contributed by atoms with Gasteiger partial charge >= 0.3 is 5.97 Å². The lowest BCUT2D eigenvalue weighted by Crippen LogP contribution is -2.59. The second-order valence-corrected chi connectivity index (χ2v) is 15.8. The van der Waals surface area contributed by atoms with Crippen molar-refractivity contribution in [3.8, 4) is 0 Å². The summed E-state index contributed by atoms with van der Waals surface area (Å²) >= 11 is 3.66. The molecule has 0 unspecified atom stereocenters. The molecular weight excluding hydrogens is 750 g/mol. The molecule has 3 amide bonds. The first-order chi connectivity index (χ1) is 26.0. The molecule has 0 aromatic heterocycles. The van der Waals surface area contributed by atoms with Crippen LogP contribution in [0.3, 0.4) is 0 Å². The number of hydrogen-bond acceptors (Lipinski definition) is 7. The maximum atomic E-state index is 15.5. The molecular formula is C43H46BrN3O7. The Morgan fingerprint density at radius 3 is 2.33 bits per heavy atom. The summed E-state index contributed by atoms with van der Waals surface area (Å²) in [7, 11) is 1.70. The number of allylic oxidation sites excluding steroid dienone is 1. The van der Waals surface area contributed by atoms with E-state index >= 15 is 9.59 Å². The number of anilines is 1. The van der Waals surface area contributed by atoms with Crippen molar-refractivity contribution in [3.05, 3.63) is 124 Å². The molecule has 1 spiro atoms. The molecule has 2 fully saturated rings. The number of carbonyl (C=O) groups is 4. The summed E-state index contributed by atoms with van der Waals surface area (Å²) in [5.74, 6) is -3.88. The number of cyclic esters (lactones) is 1. The first-order valence-corrected chi connectivity index (χ1v) is 19.3. The number of benzene rings is 3. The van der Waals surface area contributed by atoms with E-state index in [2.05, 4.69) is 15.9 Å². The van der Waals surface area contributed by atoms with Crippen LogP contribution >= 0.6 is 15.9 Å². The summed E-state index contributed by atoms with van der Waals surface area (Å²) in [6, 6.07) is 22.0. The molecule has 5 bridgehead atoms. The number of ether oxygens (including phenoxy) is 2. The third-order valence-corrected chi connectivity index (χ3v) is 12.2. The van der Waals surface area contributed by atoms with E-state index in [1.165, 1.54) is 4.90 Å². The molecule has 4 heterocycles. The van der Waals surface area contributed by atoms with Crippen LogP contribution < -0.4 is 4.90 Å². The largest absolute Gasteiger partial charge is 0.455 e. The minimum Gasteiger partial charge on any atom is -0.455 e. The van der Waals surface area contributed by atoms with E-state index in [-0.39, 0.29) is 25.3 Å². The summed E-state index contributed by atoms with van der Waals surface area (Å²) in [6.07, 6.45) is 4.71. The second kappa shape index (κ2) is 15.3. The lowest BCUT2D eigenvalue weighted by molar-refractivity contribution is -0.164. The number of aliphatic hydroxyl groups is 1. The smallest absolute Gasteiger partial charge is 0.313 e. The van der Waals surface area contributed by atoms with Crippen LogP contribution in [0.2, 0.25) is 0 Å². The van der Waals surface area contributed by atoms with Gasteiger partial charge in [-0.15, -0.1) is 0 Å². The quantitative estimate of drug-likeness (QED) is 0.256. The van der Waals surface area contributed by atoms with Crippen molar-refractivity contribution in [1.29, 1.82) is 0 Å². The number of halogens is 1. The Labute approximate surface area is 324 Å². The monoisotopic (exact) mass is 795 g/mol. The molecule has 0 radical (unpaired) electrons. The van der Waals surface area contributed by atoms with E-state index in [4.69, 9.17) is 9.47 Å². The number of nitrogens with zero attached hydrogens (tertiary/aromatic N) is 3. The summed E-state index contributed by atoms with van der Waals surface area (Å²) in [5.41, 5.74) is 2.51. The van der Waals surface area contributed by atoms with Crippen LogP contribution in [0.5, 0.6) is 0 Å². The van der Waals surface area contributed by atoms with Gasteiger partial charge in [-0.25, -0.2) is 0 Å². The van der Waals surface area contributed by atoms with Crippen LogP contribution in [0.25, 0.3) is 0 Å². The Kier molecular flexibility index (Phi) is 10.7. The number of hydrogen-bond donors (Lipinski definition) is 1. The van der Waals surface area contributed by atoms with Crippen LogP contribution in [0, 0.1) is 25.7 Å². The molecule has 4 aliphatic heterocycles. The van der Waals surface area contributed by atoms with Gasteiger partial charge in [0.05, 0.1) is 24.6 Å². The number of esters is 1. The minimum atomic E-state index is -1.54. The number of rotatable bonds is 6. The summed E-state index contributed by atoms with van der Waals surface area (Å²) in [5, 5.41) is 11.0. The van der Waals surface area contributed by atoms with Crippen molar-refractivity contribution in [2.45, 2.75) is 76.0 Å². The van der Waals surface area contributed by atoms with Crippen molar-refractivity contribution < 1.29 is 33.8 Å². The Morgan fingerprint density at radius 2 is 1.63 bits per heavy atom. The maximum absolute atomic E-state index is 15.5. The van der Waals surface area contributed by atoms with Crippen molar-refractivity contribution >= 4 is 45.3 Å². The van der Waals surface area contributed by atoms with E-state index in [0.717, 1.165) is 16.7 Å². The third kappa shape index (κ3) is 6.60. The molecule has 1 N–H and O–H groups in total. The number of carbonyl (C=O) groups excluding carboxylic acids is 4. The van der Waals surface area contributed by atoms with Gasteiger partial charge in [0, 0.05) is 30.2 Å². The zero-order valence-electron chi connectivity index (χ0n) is 30.9. The SMILES string of the molecule is Cc1ccc(C)c(N2C/C=C\CCC(=O)N(C)[C@@H](C)[C@H](c3ccccc3)OC(=O)[C@H]3[C@@H]4O[C@@]5(C=C4Br)[C@@H]3C(=O)N([C@@H](CO)Cc3ccccc3)[C@@H]5C2=O)c1. The number of aryl methyl sites for hydroxylation is 2. The van der Waals surface area contributed by atoms with Gasteiger partial charge < -0.3 is 29.3 Å². The number of amides is 3. The molecule has 7 rings (SSSR count). The molecule has 11 heteroatoms. The fourth-order valence-electron chi connectivity index (χ4n) is 8.60. The first kappa shape index (κ1) is 37.7. The summed E-state index contributed by atoms with van der Waals surface area (Å²) in [6.45, 7) is 5.46. The van der Waals surface area contributed by atoms with Crippen LogP contribution in [0.15, 0.2) is 102 Å². The maximum Gasteiger partial charge on any atom is 0.313 e. The van der Waals surface area contributed by atoms with E-state index < -0.39 is 72.2 Å². The third-order valence-electron chi connectivity index (χ3n) is 11.5. The molecule has 4 aliphatic rings. The van der Waals surface area contributed by atoms with Gasteiger partial charge in [-0.1, -0.05) is 101 Å². The molecule has 2 saturated heterocycles.